The monoisotopic (exact) mass is 452 g/mol. The zero-order chi connectivity index (χ0) is 24.0. The van der Waals surface area contributed by atoms with Gasteiger partial charge in [-0.25, -0.2) is 0 Å². The standard InChI is InChI=1S/C26H26F6/c1-4-9-19(5-2)16-24(6-3,22-12-7-10-20(14-22)17-25(27,28)29)23-13-8-11-21(15-23)18-26(30,31)32/h4-5,7-15H,1-2,6,16-18H2,3H3/b19-9+. The van der Waals surface area contributed by atoms with Crippen molar-refractivity contribution in [1.82, 2.24) is 0 Å². The molecule has 32 heavy (non-hydrogen) atoms. The van der Waals surface area contributed by atoms with Crippen molar-refractivity contribution in [1.29, 1.82) is 0 Å². The Bertz CT molecular complexity index is 903. The third kappa shape index (κ3) is 6.87. The lowest BCUT2D eigenvalue weighted by molar-refractivity contribution is -0.128. The van der Waals surface area contributed by atoms with Gasteiger partial charge in [0.1, 0.15) is 0 Å². The molecule has 0 saturated heterocycles. The molecule has 0 aliphatic heterocycles. The van der Waals surface area contributed by atoms with E-state index in [1.807, 2.05) is 6.92 Å². The van der Waals surface area contributed by atoms with Crippen molar-refractivity contribution in [2.75, 3.05) is 0 Å². The molecule has 0 atom stereocenters. The minimum atomic E-state index is -4.37. The summed E-state index contributed by atoms with van der Waals surface area (Å²) >= 11 is 0. The molecule has 6 heteroatoms. The molecule has 0 fully saturated rings. The van der Waals surface area contributed by atoms with Gasteiger partial charge in [0.25, 0.3) is 0 Å². The predicted molar refractivity (Wildman–Crippen MR) is 117 cm³/mol. The molecule has 2 rings (SSSR count). The number of hydrogen-bond donors (Lipinski definition) is 0. The first-order valence-corrected chi connectivity index (χ1v) is 10.2. The number of allylic oxidation sites excluding steroid dienone is 4. The van der Waals surface area contributed by atoms with E-state index in [2.05, 4.69) is 13.2 Å². The smallest absolute Gasteiger partial charge is 0.171 e. The molecule has 0 amide bonds. The van der Waals surface area contributed by atoms with Crippen LogP contribution in [0.3, 0.4) is 0 Å². The van der Waals surface area contributed by atoms with E-state index in [1.165, 1.54) is 24.3 Å². The van der Waals surface area contributed by atoms with Gasteiger partial charge in [-0.1, -0.05) is 86.8 Å². The summed E-state index contributed by atoms with van der Waals surface area (Å²) in [5, 5.41) is 0. The van der Waals surface area contributed by atoms with E-state index in [9.17, 15) is 26.3 Å². The Kier molecular flexibility index (Phi) is 8.16. The van der Waals surface area contributed by atoms with Crippen molar-refractivity contribution in [3.05, 3.63) is 108 Å². The molecule has 0 unspecified atom stereocenters. The van der Waals surface area contributed by atoms with E-state index >= 15 is 0 Å². The number of rotatable bonds is 9. The average Bonchev–Trinajstić information content (AvgIpc) is 2.69. The van der Waals surface area contributed by atoms with Gasteiger partial charge in [0, 0.05) is 5.41 Å². The van der Waals surface area contributed by atoms with Crippen LogP contribution in [0.4, 0.5) is 26.3 Å². The first-order valence-electron chi connectivity index (χ1n) is 10.2. The summed E-state index contributed by atoms with van der Waals surface area (Å²) < 4.78 is 78.1. The number of alkyl halides is 6. The Morgan fingerprint density at radius 3 is 1.62 bits per heavy atom. The molecule has 0 N–H and O–H groups in total. The molecule has 2 aromatic carbocycles. The van der Waals surface area contributed by atoms with Gasteiger partial charge in [0.05, 0.1) is 12.8 Å². The first kappa shape index (κ1) is 25.5. The fraction of sp³-hybridized carbons (Fsp3) is 0.308. The summed E-state index contributed by atoms with van der Waals surface area (Å²) in [4.78, 5) is 0. The van der Waals surface area contributed by atoms with Gasteiger partial charge in [-0.15, -0.1) is 0 Å². The number of benzene rings is 2. The molecule has 0 nitrogen and oxygen atoms in total. The van der Waals surface area contributed by atoms with Gasteiger partial charge in [0.2, 0.25) is 0 Å². The van der Waals surface area contributed by atoms with Crippen LogP contribution in [0.2, 0.25) is 0 Å². The number of halogens is 6. The van der Waals surface area contributed by atoms with Crippen molar-refractivity contribution in [3.63, 3.8) is 0 Å². The molecule has 0 aliphatic rings. The van der Waals surface area contributed by atoms with Crippen LogP contribution < -0.4 is 0 Å². The zero-order valence-corrected chi connectivity index (χ0v) is 17.9. The maximum absolute atomic E-state index is 13.0. The van der Waals surface area contributed by atoms with Crippen molar-refractivity contribution in [2.45, 2.75) is 50.4 Å². The average molecular weight is 452 g/mol. The zero-order valence-electron chi connectivity index (χ0n) is 17.9. The predicted octanol–water partition coefficient (Wildman–Crippen LogP) is 8.28. The van der Waals surface area contributed by atoms with E-state index in [1.54, 1.807) is 42.5 Å². The highest BCUT2D eigenvalue weighted by atomic mass is 19.4. The van der Waals surface area contributed by atoms with Crippen molar-refractivity contribution in [3.8, 4) is 0 Å². The van der Waals surface area contributed by atoms with Crippen LogP contribution in [-0.4, -0.2) is 12.4 Å². The van der Waals surface area contributed by atoms with Crippen LogP contribution >= 0.6 is 0 Å². The molecule has 172 valence electrons. The molecule has 0 aliphatic carbocycles. The Morgan fingerprint density at radius 2 is 1.28 bits per heavy atom. The first-order chi connectivity index (χ1) is 14.9. The van der Waals surface area contributed by atoms with E-state index in [4.69, 9.17) is 0 Å². The summed E-state index contributed by atoms with van der Waals surface area (Å²) in [5.41, 5.74) is 1.38. The van der Waals surface area contributed by atoms with Gasteiger partial charge in [-0.3, -0.25) is 0 Å². The highest BCUT2D eigenvalue weighted by Crippen LogP contribution is 2.42. The molecule has 0 spiro atoms. The Hall–Kier alpha value is -2.76. The Morgan fingerprint density at radius 1 is 0.812 bits per heavy atom. The maximum Gasteiger partial charge on any atom is 0.393 e. The minimum absolute atomic E-state index is 0.104. The van der Waals surface area contributed by atoms with E-state index in [-0.39, 0.29) is 11.1 Å². The SMILES string of the molecule is C=C/C=C(\C=C)CC(CC)(c1cccc(CC(F)(F)F)c1)c1cccc(CC(F)(F)F)c1. The summed E-state index contributed by atoms with van der Waals surface area (Å²) in [6.45, 7) is 9.36. The molecule has 0 bridgehead atoms. The van der Waals surface area contributed by atoms with Crippen LogP contribution in [0.25, 0.3) is 0 Å². The molecule has 0 heterocycles. The van der Waals surface area contributed by atoms with Gasteiger partial charge < -0.3 is 0 Å². The molecule has 0 radical (unpaired) electrons. The molecular weight excluding hydrogens is 426 g/mol. The lowest BCUT2D eigenvalue weighted by Gasteiger charge is -2.36. The lowest BCUT2D eigenvalue weighted by Crippen LogP contribution is -2.28. The van der Waals surface area contributed by atoms with Crippen LogP contribution in [0.15, 0.2) is 85.5 Å². The Labute approximate surface area is 185 Å². The molecule has 2 aromatic rings. The van der Waals surface area contributed by atoms with E-state index < -0.39 is 30.6 Å². The van der Waals surface area contributed by atoms with Crippen LogP contribution in [-0.2, 0) is 18.3 Å². The normalized spacial score (nSPS) is 13.2. The fourth-order valence-electron chi connectivity index (χ4n) is 4.02. The van der Waals surface area contributed by atoms with Crippen LogP contribution in [0, 0.1) is 0 Å². The van der Waals surface area contributed by atoms with Crippen molar-refractivity contribution < 1.29 is 26.3 Å². The second-order valence-corrected chi connectivity index (χ2v) is 7.78. The lowest BCUT2D eigenvalue weighted by atomic mass is 9.68. The third-order valence-corrected chi connectivity index (χ3v) is 5.47. The maximum atomic E-state index is 13.0. The topological polar surface area (TPSA) is 0 Å². The molecule has 0 saturated carbocycles. The van der Waals surface area contributed by atoms with E-state index in [0.29, 0.717) is 24.0 Å². The van der Waals surface area contributed by atoms with Crippen molar-refractivity contribution in [2.24, 2.45) is 0 Å². The molecule has 0 aromatic heterocycles. The second-order valence-electron chi connectivity index (χ2n) is 7.78. The van der Waals surface area contributed by atoms with Gasteiger partial charge in [0.15, 0.2) is 0 Å². The van der Waals surface area contributed by atoms with Gasteiger partial charge in [-0.05, 0) is 40.7 Å². The summed E-state index contributed by atoms with van der Waals surface area (Å²) in [6, 6.07) is 12.4. The highest BCUT2D eigenvalue weighted by Gasteiger charge is 2.35. The summed E-state index contributed by atoms with van der Waals surface area (Å²) in [6.07, 6.45) is -5.12. The Balaban J connectivity index is 2.69. The van der Waals surface area contributed by atoms with Crippen LogP contribution in [0.5, 0.6) is 0 Å². The quantitative estimate of drug-likeness (QED) is 0.265. The van der Waals surface area contributed by atoms with Crippen LogP contribution in [0.1, 0.15) is 42.0 Å². The molecular formula is C26H26F6. The summed E-state index contributed by atoms with van der Waals surface area (Å²) in [5.74, 6) is 0. The second kappa shape index (κ2) is 10.2. The van der Waals surface area contributed by atoms with Crippen molar-refractivity contribution >= 4 is 0 Å². The highest BCUT2D eigenvalue weighted by molar-refractivity contribution is 5.45. The van der Waals surface area contributed by atoms with Gasteiger partial charge >= 0.3 is 12.4 Å². The largest absolute Gasteiger partial charge is 0.393 e. The van der Waals surface area contributed by atoms with Gasteiger partial charge in [-0.2, -0.15) is 26.3 Å². The number of hydrogen-bond acceptors (Lipinski definition) is 0. The minimum Gasteiger partial charge on any atom is -0.171 e. The third-order valence-electron chi connectivity index (χ3n) is 5.47. The summed E-state index contributed by atoms with van der Waals surface area (Å²) in [7, 11) is 0. The fourth-order valence-corrected chi connectivity index (χ4v) is 4.02. The van der Waals surface area contributed by atoms with E-state index in [0.717, 1.165) is 5.57 Å².